The van der Waals surface area contributed by atoms with E-state index in [-0.39, 0.29) is 23.7 Å². The van der Waals surface area contributed by atoms with Crippen LogP contribution in [0.4, 0.5) is 5.69 Å². The van der Waals surface area contributed by atoms with E-state index in [1.807, 2.05) is 24.3 Å². The molecule has 2 heterocycles. The number of nitrogens with zero attached hydrogens (tertiary/aromatic N) is 2. The zero-order valence-electron chi connectivity index (χ0n) is 22.8. The van der Waals surface area contributed by atoms with Crippen LogP contribution in [0.15, 0.2) is 52.9 Å². The summed E-state index contributed by atoms with van der Waals surface area (Å²) in [6.07, 6.45) is 8.28. The Labute approximate surface area is 242 Å². The Bertz CT molecular complexity index is 1410. The number of benzene rings is 2. The molecule has 9 heteroatoms. The normalized spacial score (nSPS) is 33.4. The molecular weight excluding hydrogens is 548 g/mol. The summed E-state index contributed by atoms with van der Waals surface area (Å²) < 4.78 is 29.0. The first-order chi connectivity index (χ1) is 19.3. The Morgan fingerprint density at radius 2 is 2.05 bits per heavy atom. The lowest BCUT2D eigenvalue weighted by molar-refractivity contribution is 0.0126. The highest BCUT2D eigenvalue weighted by Crippen LogP contribution is 2.47. The van der Waals surface area contributed by atoms with Crippen LogP contribution in [0, 0.1) is 11.8 Å². The summed E-state index contributed by atoms with van der Waals surface area (Å²) in [4.78, 5) is 15.5. The number of rotatable bonds is 1. The zero-order valence-corrected chi connectivity index (χ0v) is 24.4. The topological polar surface area (TPSA) is 88.4 Å². The van der Waals surface area contributed by atoms with E-state index in [0.717, 1.165) is 61.7 Å². The van der Waals surface area contributed by atoms with E-state index >= 15 is 0 Å². The SMILES string of the molecule is CO[C@H]1/C=C/[C@@H](O)CC/[SH](=O)=N\C(=O)c2ccc3c(c2)N(C[C@@H]2CC[C@H]21)C[C@@]1(CCCc2cc(Cl)ccc21)CO3. The van der Waals surface area contributed by atoms with Gasteiger partial charge in [-0.15, -0.1) is 0 Å². The molecule has 0 aromatic heterocycles. The number of hydrogen-bond donors (Lipinski definition) is 2. The number of methoxy groups -OCH3 is 1. The summed E-state index contributed by atoms with van der Waals surface area (Å²) in [7, 11) is -0.411. The van der Waals surface area contributed by atoms with Gasteiger partial charge in [0.1, 0.15) is 5.75 Å². The first-order valence-electron chi connectivity index (χ1n) is 14.3. The van der Waals surface area contributed by atoms with Crippen LogP contribution in [0.5, 0.6) is 5.75 Å². The summed E-state index contributed by atoms with van der Waals surface area (Å²) in [6, 6.07) is 11.7. The van der Waals surface area contributed by atoms with Crippen molar-refractivity contribution in [1.29, 1.82) is 0 Å². The minimum absolute atomic E-state index is 0.109. The Balaban J connectivity index is 1.43. The van der Waals surface area contributed by atoms with E-state index in [4.69, 9.17) is 21.1 Å². The van der Waals surface area contributed by atoms with Crippen molar-refractivity contribution in [2.75, 3.05) is 37.5 Å². The maximum atomic E-state index is 13.1. The second-order valence-electron chi connectivity index (χ2n) is 11.7. The molecule has 6 atom stereocenters. The lowest BCUT2D eigenvalue weighted by Crippen LogP contribution is -2.49. The first kappa shape index (κ1) is 27.8. The van der Waals surface area contributed by atoms with Crippen molar-refractivity contribution >= 4 is 33.8 Å². The molecule has 2 aromatic carbocycles. The molecule has 1 amide bonds. The highest BCUT2D eigenvalue weighted by atomic mass is 35.5. The molecule has 2 aliphatic heterocycles. The molecule has 1 saturated carbocycles. The molecule has 214 valence electrons. The van der Waals surface area contributed by atoms with Gasteiger partial charge in [0, 0.05) is 52.5 Å². The van der Waals surface area contributed by atoms with Crippen molar-refractivity contribution in [2.24, 2.45) is 16.2 Å². The second kappa shape index (κ2) is 11.5. The number of aliphatic hydroxyl groups is 1. The lowest BCUT2D eigenvalue weighted by atomic mass is 9.68. The van der Waals surface area contributed by atoms with Gasteiger partial charge in [-0.05, 0) is 91.8 Å². The highest BCUT2D eigenvalue weighted by molar-refractivity contribution is 7.75. The average molecular weight is 585 g/mol. The minimum Gasteiger partial charge on any atom is -0.490 e. The quantitative estimate of drug-likeness (QED) is 0.363. The summed E-state index contributed by atoms with van der Waals surface area (Å²) in [5.74, 6) is 1.09. The predicted octanol–water partition coefficient (Wildman–Crippen LogP) is 4.98. The third kappa shape index (κ3) is 5.43. The summed E-state index contributed by atoms with van der Waals surface area (Å²) in [6.45, 7) is 2.10. The number of ether oxygens (including phenoxy) is 2. The number of carbonyl (C=O) groups is 1. The first-order valence-corrected chi connectivity index (χ1v) is 16.0. The molecule has 2 bridgehead atoms. The van der Waals surface area contributed by atoms with E-state index in [1.165, 1.54) is 11.1 Å². The third-order valence-corrected chi connectivity index (χ3v) is 10.5. The molecule has 1 fully saturated rings. The van der Waals surface area contributed by atoms with Crippen LogP contribution < -0.4 is 9.64 Å². The molecular formula is C31H37ClN2O5S. The number of carbonyl (C=O) groups excluding carboxylic acids is 1. The van der Waals surface area contributed by atoms with Crippen molar-refractivity contribution in [3.63, 3.8) is 0 Å². The van der Waals surface area contributed by atoms with Gasteiger partial charge in [-0.3, -0.25) is 9.00 Å². The molecule has 40 heavy (non-hydrogen) atoms. The molecule has 0 radical (unpaired) electrons. The maximum absolute atomic E-state index is 13.1. The molecule has 1 unspecified atom stereocenters. The predicted molar refractivity (Wildman–Crippen MR) is 158 cm³/mol. The number of anilines is 1. The van der Waals surface area contributed by atoms with Crippen LogP contribution in [-0.2, 0) is 27.2 Å². The van der Waals surface area contributed by atoms with Gasteiger partial charge in [0.05, 0.1) is 24.5 Å². The van der Waals surface area contributed by atoms with Crippen molar-refractivity contribution in [3.05, 3.63) is 70.3 Å². The van der Waals surface area contributed by atoms with Crippen molar-refractivity contribution in [1.82, 2.24) is 0 Å². The Morgan fingerprint density at radius 1 is 1.18 bits per heavy atom. The summed E-state index contributed by atoms with van der Waals surface area (Å²) in [5.41, 5.74) is 3.65. The number of thiol groups is 1. The van der Waals surface area contributed by atoms with E-state index in [1.54, 1.807) is 19.3 Å². The lowest BCUT2D eigenvalue weighted by Gasteiger charge is -2.46. The molecule has 2 aromatic rings. The van der Waals surface area contributed by atoms with Gasteiger partial charge < -0.3 is 19.5 Å². The van der Waals surface area contributed by atoms with Gasteiger partial charge in [-0.1, -0.05) is 29.8 Å². The Morgan fingerprint density at radius 3 is 2.85 bits per heavy atom. The second-order valence-corrected chi connectivity index (χ2v) is 13.5. The largest absolute Gasteiger partial charge is 0.490 e. The molecule has 6 rings (SSSR count). The van der Waals surface area contributed by atoms with Crippen LogP contribution in [0.25, 0.3) is 0 Å². The van der Waals surface area contributed by atoms with E-state index in [9.17, 15) is 14.1 Å². The number of aryl methyl sites for hydroxylation is 1. The van der Waals surface area contributed by atoms with Gasteiger partial charge in [0.2, 0.25) is 0 Å². The van der Waals surface area contributed by atoms with Gasteiger partial charge in [0.15, 0.2) is 0 Å². The van der Waals surface area contributed by atoms with Gasteiger partial charge in [-0.25, -0.2) is 0 Å². The molecule has 1 N–H and O–H groups in total. The number of aliphatic hydroxyl groups excluding tert-OH is 1. The van der Waals surface area contributed by atoms with E-state index < -0.39 is 22.6 Å². The van der Waals surface area contributed by atoms with Crippen molar-refractivity contribution < 1.29 is 23.6 Å². The van der Waals surface area contributed by atoms with Crippen LogP contribution >= 0.6 is 11.6 Å². The zero-order chi connectivity index (χ0) is 27.9. The third-order valence-electron chi connectivity index (χ3n) is 9.25. The van der Waals surface area contributed by atoms with Crippen LogP contribution in [0.1, 0.15) is 53.6 Å². The fourth-order valence-corrected chi connectivity index (χ4v) is 8.06. The number of amides is 1. The van der Waals surface area contributed by atoms with Gasteiger partial charge in [0.25, 0.3) is 5.91 Å². The summed E-state index contributed by atoms with van der Waals surface area (Å²) >= 11 is 6.39. The maximum Gasteiger partial charge on any atom is 0.284 e. The van der Waals surface area contributed by atoms with Gasteiger partial charge in [-0.2, -0.15) is 4.36 Å². The average Bonchev–Trinajstić information content (AvgIpc) is 3.08. The number of fused-ring (bicyclic) bond motifs is 4. The monoisotopic (exact) mass is 584 g/mol. The molecule has 2 aliphatic carbocycles. The highest BCUT2D eigenvalue weighted by Gasteiger charge is 2.44. The Kier molecular flexibility index (Phi) is 7.96. The molecule has 7 nitrogen and oxygen atoms in total. The number of hydrogen-bond acceptors (Lipinski definition) is 6. The fraction of sp³-hybridized carbons (Fsp3) is 0.516. The smallest absolute Gasteiger partial charge is 0.284 e. The van der Waals surface area contributed by atoms with Crippen molar-refractivity contribution in [3.8, 4) is 5.75 Å². The number of halogens is 1. The summed E-state index contributed by atoms with van der Waals surface area (Å²) in [5, 5.41) is 11.2. The fourth-order valence-electron chi connectivity index (χ4n) is 6.97. The molecule has 4 aliphatic rings. The Hall–Kier alpha value is -2.39. The molecule has 0 saturated heterocycles. The van der Waals surface area contributed by atoms with Crippen molar-refractivity contribution in [2.45, 2.75) is 56.1 Å². The van der Waals surface area contributed by atoms with Crippen LogP contribution in [0.3, 0.4) is 0 Å². The van der Waals surface area contributed by atoms with Crippen LogP contribution in [-0.4, -0.2) is 60.0 Å². The standard InChI is InChI=1S/C31H37ClN2O5S/c1-38-28-11-7-24(35)12-14-40(37)33-30(36)21-5-10-29-27(16-21)34(17-22-4-8-25(22)28)18-31(19-39-29)13-2-3-20-15-23(32)6-9-26(20)31/h5-7,9-11,15-16,22,24-25,28,35,40H,2-4,8,12-14,17-19H2,1H3/b11-7+/t22-,24+,25+,28-,31-/m0/s1. The van der Waals surface area contributed by atoms with E-state index in [2.05, 4.69) is 21.4 Å². The van der Waals surface area contributed by atoms with Crippen LogP contribution in [0.2, 0.25) is 5.02 Å². The van der Waals surface area contributed by atoms with Gasteiger partial charge >= 0.3 is 0 Å². The minimum atomic E-state index is -2.13. The molecule has 1 spiro atoms. The van der Waals surface area contributed by atoms with E-state index in [0.29, 0.717) is 24.0 Å².